The Balaban J connectivity index is 1.86. The number of hydrogen-bond donors (Lipinski definition) is 1. The van der Waals surface area contributed by atoms with Crippen molar-refractivity contribution in [1.29, 1.82) is 0 Å². The first-order chi connectivity index (χ1) is 13.5. The first-order valence-electron chi connectivity index (χ1n) is 8.09. The van der Waals surface area contributed by atoms with Gasteiger partial charge in [-0.05, 0) is 54.7 Å². The molecule has 0 radical (unpaired) electrons. The van der Waals surface area contributed by atoms with Gasteiger partial charge >= 0.3 is 0 Å². The van der Waals surface area contributed by atoms with Crippen LogP contribution in [0.1, 0.15) is 5.89 Å². The molecule has 0 spiro atoms. The fourth-order valence-electron chi connectivity index (χ4n) is 2.64. The highest BCUT2D eigenvalue weighted by Crippen LogP contribution is 2.26. The van der Waals surface area contributed by atoms with Gasteiger partial charge in [-0.2, -0.15) is 0 Å². The highest BCUT2D eigenvalue weighted by molar-refractivity contribution is 7.98. The van der Waals surface area contributed by atoms with Crippen molar-refractivity contribution < 1.29 is 9.15 Å². The molecule has 2 aromatic carbocycles. The molecule has 2 heterocycles. The second-order valence-corrected chi connectivity index (χ2v) is 7.44. The number of hydrogen-bond acceptors (Lipinski definition) is 7. The Bertz CT molecular complexity index is 1260. The standard InChI is InChI=1S/C18H13ClN4O3S2/c1-25-12-5-3-11(4-6-12)23-16(24)13-8-10(19)2-7-14(13)20-17(23)28-9-15-21-22-18(27)26-15/h2-8H,9H2,1H3,(H,22,27). The lowest BCUT2D eigenvalue weighted by molar-refractivity contribution is 0.414. The number of halogens is 1. The molecule has 0 aliphatic rings. The van der Waals surface area contributed by atoms with E-state index in [-0.39, 0.29) is 10.4 Å². The fourth-order valence-corrected chi connectivity index (χ4v) is 3.81. The Morgan fingerprint density at radius 3 is 2.75 bits per heavy atom. The molecule has 0 saturated heterocycles. The first kappa shape index (κ1) is 18.7. The molecule has 0 fully saturated rings. The third kappa shape index (κ3) is 3.68. The zero-order chi connectivity index (χ0) is 19.7. The molecule has 0 bridgehead atoms. The topological polar surface area (TPSA) is 85.9 Å². The Kier molecular flexibility index (Phi) is 5.21. The molecule has 142 valence electrons. The van der Waals surface area contributed by atoms with Crippen LogP contribution in [-0.4, -0.2) is 26.9 Å². The summed E-state index contributed by atoms with van der Waals surface area (Å²) in [6, 6.07) is 12.2. The quantitative estimate of drug-likeness (QED) is 0.284. The van der Waals surface area contributed by atoms with E-state index in [1.54, 1.807) is 49.6 Å². The van der Waals surface area contributed by atoms with Gasteiger partial charge in [-0.3, -0.25) is 9.36 Å². The summed E-state index contributed by atoms with van der Waals surface area (Å²) >= 11 is 12.3. The third-order valence-electron chi connectivity index (χ3n) is 3.94. The summed E-state index contributed by atoms with van der Waals surface area (Å²) in [5.41, 5.74) is 0.998. The number of H-pyrrole nitrogens is 1. The molecular formula is C18H13ClN4O3S2. The maximum absolute atomic E-state index is 13.2. The van der Waals surface area contributed by atoms with Crippen molar-refractivity contribution >= 4 is 46.5 Å². The minimum absolute atomic E-state index is 0.198. The van der Waals surface area contributed by atoms with E-state index < -0.39 is 0 Å². The molecule has 0 aliphatic heterocycles. The summed E-state index contributed by atoms with van der Waals surface area (Å²) in [6.45, 7) is 0. The molecule has 0 saturated carbocycles. The van der Waals surface area contributed by atoms with E-state index in [2.05, 4.69) is 15.2 Å². The van der Waals surface area contributed by atoms with E-state index in [1.807, 2.05) is 0 Å². The van der Waals surface area contributed by atoms with Crippen LogP contribution in [-0.2, 0) is 5.75 Å². The Labute approximate surface area is 173 Å². The van der Waals surface area contributed by atoms with Gasteiger partial charge in [-0.25, -0.2) is 10.1 Å². The molecule has 7 nitrogen and oxygen atoms in total. The highest BCUT2D eigenvalue weighted by atomic mass is 35.5. The lowest BCUT2D eigenvalue weighted by Crippen LogP contribution is -2.21. The first-order valence-corrected chi connectivity index (χ1v) is 9.86. The number of methoxy groups -OCH3 is 1. The molecule has 0 aliphatic carbocycles. The van der Waals surface area contributed by atoms with Crippen LogP contribution in [0.5, 0.6) is 5.75 Å². The number of benzene rings is 2. The van der Waals surface area contributed by atoms with E-state index in [0.29, 0.717) is 44.2 Å². The van der Waals surface area contributed by atoms with Gasteiger partial charge in [0, 0.05) is 5.02 Å². The van der Waals surface area contributed by atoms with Crippen LogP contribution in [0.25, 0.3) is 16.6 Å². The number of aromatic amines is 1. The number of nitrogens with zero attached hydrogens (tertiary/aromatic N) is 3. The zero-order valence-corrected chi connectivity index (χ0v) is 16.9. The molecule has 0 atom stereocenters. The Morgan fingerprint density at radius 2 is 2.07 bits per heavy atom. The highest BCUT2D eigenvalue weighted by Gasteiger charge is 2.15. The lowest BCUT2D eigenvalue weighted by Gasteiger charge is -2.13. The second kappa shape index (κ2) is 7.78. The van der Waals surface area contributed by atoms with E-state index in [9.17, 15) is 4.79 Å². The summed E-state index contributed by atoms with van der Waals surface area (Å²) in [7, 11) is 1.59. The molecule has 0 amide bonds. The largest absolute Gasteiger partial charge is 0.497 e. The molecule has 2 aromatic heterocycles. The normalized spacial score (nSPS) is 11.1. The second-order valence-electron chi connectivity index (χ2n) is 5.69. The van der Waals surface area contributed by atoms with Crippen LogP contribution in [0.3, 0.4) is 0 Å². The number of nitrogens with one attached hydrogen (secondary N) is 1. The van der Waals surface area contributed by atoms with Gasteiger partial charge in [0.05, 0.1) is 29.5 Å². The maximum atomic E-state index is 13.2. The SMILES string of the molecule is COc1ccc(-n2c(SCc3n[nH]c(=S)o3)nc3ccc(Cl)cc3c2=O)cc1. The number of ether oxygens (including phenoxy) is 1. The van der Waals surface area contributed by atoms with Gasteiger partial charge in [-0.15, -0.1) is 5.10 Å². The van der Waals surface area contributed by atoms with Crippen LogP contribution in [0.2, 0.25) is 5.02 Å². The number of thioether (sulfide) groups is 1. The summed E-state index contributed by atoms with van der Waals surface area (Å²) in [5, 5.41) is 7.97. The van der Waals surface area contributed by atoms with Gasteiger partial charge in [0.2, 0.25) is 5.89 Å². The monoisotopic (exact) mass is 432 g/mol. The van der Waals surface area contributed by atoms with Crippen LogP contribution < -0.4 is 10.3 Å². The molecule has 4 rings (SSSR count). The minimum Gasteiger partial charge on any atom is -0.497 e. The average molecular weight is 433 g/mol. The van der Waals surface area contributed by atoms with Crippen molar-refractivity contribution in [1.82, 2.24) is 19.7 Å². The predicted octanol–water partition coefficient (Wildman–Crippen LogP) is 4.39. The Hall–Kier alpha value is -2.62. The van der Waals surface area contributed by atoms with E-state index in [4.69, 9.17) is 33.0 Å². The van der Waals surface area contributed by atoms with Gasteiger partial charge in [0.25, 0.3) is 10.4 Å². The lowest BCUT2D eigenvalue weighted by atomic mass is 10.2. The predicted molar refractivity (Wildman–Crippen MR) is 110 cm³/mol. The van der Waals surface area contributed by atoms with Gasteiger partial charge in [0.15, 0.2) is 5.16 Å². The van der Waals surface area contributed by atoms with Crippen molar-refractivity contribution in [3.63, 3.8) is 0 Å². The van der Waals surface area contributed by atoms with Crippen molar-refractivity contribution in [2.45, 2.75) is 10.9 Å². The average Bonchev–Trinajstić information content (AvgIpc) is 3.12. The number of fused-ring (bicyclic) bond motifs is 1. The molecular weight excluding hydrogens is 420 g/mol. The summed E-state index contributed by atoms with van der Waals surface area (Å²) in [4.78, 5) is 18.1. The van der Waals surface area contributed by atoms with Crippen molar-refractivity contribution in [3.8, 4) is 11.4 Å². The Morgan fingerprint density at radius 1 is 1.29 bits per heavy atom. The summed E-state index contributed by atoms with van der Waals surface area (Å²) < 4.78 is 12.0. The van der Waals surface area contributed by atoms with E-state index in [1.165, 1.54) is 16.3 Å². The van der Waals surface area contributed by atoms with Crippen molar-refractivity contribution in [2.75, 3.05) is 7.11 Å². The smallest absolute Gasteiger partial charge is 0.284 e. The zero-order valence-electron chi connectivity index (χ0n) is 14.5. The molecule has 10 heteroatoms. The maximum Gasteiger partial charge on any atom is 0.284 e. The number of aromatic nitrogens is 4. The molecule has 1 N–H and O–H groups in total. The number of rotatable bonds is 5. The summed E-state index contributed by atoms with van der Waals surface area (Å²) in [6.07, 6.45) is 0. The van der Waals surface area contributed by atoms with Crippen LogP contribution in [0.4, 0.5) is 0 Å². The molecule has 4 aromatic rings. The van der Waals surface area contributed by atoms with E-state index in [0.717, 1.165) is 0 Å². The van der Waals surface area contributed by atoms with Crippen LogP contribution in [0.15, 0.2) is 56.8 Å². The van der Waals surface area contributed by atoms with Crippen molar-refractivity contribution in [3.05, 3.63) is 68.6 Å². The van der Waals surface area contributed by atoms with Gasteiger partial charge < -0.3 is 9.15 Å². The summed E-state index contributed by atoms with van der Waals surface area (Å²) in [5.74, 6) is 1.47. The molecule has 0 unspecified atom stereocenters. The van der Waals surface area contributed by atoms with Gasteiger partial charge in [-0.1, -0.05) is 23.4 Å². The van der Waals surface area contributed by atoms with Crippen LogP contribution >= 0.6 is 35.6 Å². The van der Waals surface area contributed by atoms with Crippen molar-refractivity contribution in [2.24, 2.45) is 0 Å². The minimum atomic E-state index is -0.219. The molecule has 28 heavy (non-hydrogen) atoms. The van der Waals surface area contributed by atoms with E-state index >= 15 is 0 Å². The van der Waals surface area contributed by atoms with Crippen LogP contribution in [0, 0.1) is 4.84 Å². The third-order valence-corrected chi connectivity index (χ3v) is 5.27. The van der Waals surface area contributed by atoms with Gasteiger partial charge in [0.1, 0.15) is 5.75 Å². The fraction of sp³-hybridized carbons (Fsp3) is 0.111.